The molecule has 2 aromatic heterocycles. The van der Waals surface area contributed by atoms with Crippen molar-refractivity contribution in [2.75, 3.05) is 18.4 Å². The standard InChI is InChI=1S/C43H40N6O8/c50-38-21-20-36(41(52)47-38)48-42(53)32-9-7-10-33(39(32)43(48)54)44-22-5-3-1-2-4-6-23-45-40(51)29-14-12-27(13-15-29)30-25-34(28-16-18-31(19-17-28)49(55)56)46-35(26-30)37-11-8-24-57-37/h7-19,24-26,36,44H,1-6,20-23H2,(H,45,51)(H,47,50,52). The first-order chi connectivity index (χ1) is 27.7. The number of nitrogens with zero attached hydrogens (tertiary/aromatic N) is 3. The number of aromatic nitrogens is 1. The second-order valence-corrected chi connectivity index (χ2v) is 14.0. The zero-order valence-corrected chi connectivity index (χ0v) is 31.0. The molecule has 5 amide bonds. The Labute approximate surface area is 327 Å². The number of furan rings is 1. The maximum Gasteiger partial charge on any atom is 0.269 e. The second kappa shape index (κ2) is 17.2. The number of fused-ring (bicyclic) bond motifs is 1. The summed E-state index contributed by atoms with van der Waals surface area (Å²) in [7, 11) is 0. The molecule has 0 radical (unpaired) electrons. The molecule has 3 N–H and O–H groups in total. The van der Waals surface area contributed by atoms with E-state index in [4.69, 9.17) is 9.40 Å². The van der Waals surface area contributed by atoms with Crippen molar-refractivity contribution in [1.29, 1.82) is 0 Å². The fourth-order valence-corrected chi connectivity index (χ4v) is 7.11. The minimum absolute atomic E-state index is 0.00535. The molecule has 3 aromatic carbocycles. The van der Waals surface area contributed by atoms with E-state index in [9.17, 15) is 34.1 Å². The smallest absolute Gasteiger partial charge is 0.269 e. The molecule has 0 saturated carbocycles. The number of nitrogens with one attached hydrogen (secondary N) is 3. The fourth-order valence-electron chi connectivity index (χ4n) is 7.11. The summed E-state index contributed by atoms with van der Waals surface area (Å²) in [5.74, 6) is -1.67. The van der Waals surface area contributed by atoms with Gasteiger partial charge in [0.25, 0.3) is 23.4 Å². The van der Waals surface area contributed by atoms with Gasteiger partial charge in [-0.3, -0.25) is 44.3 Å². The van der Waals surface area contributed by atoms with Gasteiger partial charge in [0.1, 0.15) is 11.7 Å². The number of imide groups is 2. The lowest BCUT2D eigenvalue weighted by atomic mass is 10.00. The van der Waals surface area contributed by atoms with E-state index in [0.29, 0.717) is 41.5 Å². The number of nitro benzene ring substituents is 1. The lowest BCUT2D eigenvalue weighted by Crippen LogP contribution is -2.54. The average Bonchev–Trinajstić information content (AvgIpc) is 3.85. The van der Waals surface area contributed by atoms with Crippen molar-refractivity contribution in [2.45, 2.75) is 57.4 Å². The molecule has 14 nitrogen and oxygen atoms in total. The zero-order valence-electron chi connectivity index (χ0n) is 31.0. The molecule has 0 bridgehead atoms. The number of benzene rings is 3. The monoisotopic (exact) mass is 768 g/mol. The summed E-state index contributed by atoms with van der Waals surface area (Å²) in [6, 6.07) is 25.0. The van der Waals surface area contributed by atoms with E-state index in [0.717, 1.165) is 60.1 Å². The minimum atomic E-state index is -1.00. The number of anilines is 1. The summed E-state index contributed by atoms with van der Waals surface area (Å²) in [5, 5.41) is 19.7. The quantitative estimate of drug-likeness (QED) is 0.0401. The number of hydrogen-bond donors (Lipinski definition) is 3. The van der Waals surface area contributed by atoms with Gasteiger partial charge in [0.15, 0.2) is 5.76 Å². The van der Waals surface area contributed by atoms with Crippen LogP contribution in [0.1, 0.15) is 82.4 Å². The van der Waals surface area contributed by atoms with E-state index in [-0.39, 0.29) is 35.6 Å². The van der Waals surface area contributed by atoms with Gasteiger partial charge in [-0.2, -0.15) is 0 Å². The Kier molecular flexibility index (Phi) is 11.6. The highest BCUT2D eigenvalue weighted by molar-refractivity contribution is 6.25. The number of amides is 5. The molecule has 1 fully saturated rings. The number of carbonyl (C=O) groups is 5. The summed E-state index contributed by atoms with van der Waals surface area (Å²) in [5.41, 5.74) is 5.27. The van der Waals surface area contributed by atoms with E-state index < -0.39 is 34.6 Å². The van der Waals surface area contributed by atoms with Gasteiger partial charge in [0.05, 0.1) is 28.0 Å². The van der Waals surface area contributed by atoms with Crippen molar-refractivity contribution in [3.8, 4) is 33.8 Å². The van der Waals surface area contributed by atoms with Gasteiger partial charge in [-0.05, 0) is 91.1 Å². The molecule has 4 heterocycles. The molecule has 1 saturated heterocycles. The minimum Gasteiger partial charge on any atom is -0.463 e. The maximum absolute atomic E-state index is 13.3. The first-order valence-corrected chi connectivity index (χ1v) is 19.0. The van der Waals surface area contributed by atoms with Crippen LogP contribution in [0.4, 0.5) is 11.4 Å². The highest BCUT2D eigenvalue weighted by Crippen LogP contribution is 2.33. The third-order valence-electron chi connectivity index (χ3n) is 10.1. The van der Waals surface area contributed by atoms with Crippen LogP contribution in [0, 0.1) is 10.1 Å². The summed E-state index contributed by atoms with van der Waals surface area (Å²) in [6.07, 6.45) is 7.39. The zero-order chi connectivity index (χ0) is 39.9. The fraction of sp³-hybridized carbons (Fsp3) is 0.256. The van der Waals surface area contributed by atoms with Gasteiger partial charge in [0.2, 0.25) is 11.8 Å². The van der Waals surface area contributed by atoms with E-state index in [1.54, 1.807) is 54.8 Å². The van der Waals surface area contributed by atoms with Crippen LogP contribution in [0.15, 0.2) is 102 Å². The van der Waals surface area contributed by atoms with Gasteiger partial charge in [-0.1, -0.05) is 43.9 Å². The van der Waals surface area contributed by atoms with Crippen molar-refractivity contribution in [1.82, 2.24) is 20.5 Å². The first kappa shape index (κ1) is 38.3. The molecular formula is C43H40N6O8. The molecule has 7 rings (SSSR count). The Morgan fingerprint density at radius 1 is 0.807 bits per heavy atom. The highest BCUT2D eigenvalue weighted by Gasteiger charge is 2.45. The predicted octanol–water partition coefficient (Wildman–Crippen LogP) is 7.17. The van der Waals surface area contributed by atoms with E-state index >= 15 is 0 Å². The second-order valence-electron chi connectivity index (χ2n) is 14.0. The van der Waals surface area contributed by atoms with Crippen LogP contribution in [0.2, 0.25) is 0 Å². The van der Waals surface area contributed by atoms with Gasteiger partial charge in [-0.15, -0.1) is 0 Å². The van der Waals surface area contributed by atoms with Gasteiger partial charge < -0.3 is 15.1 Å². The number of piperidine rings is 1. The number of hydrogen-bond acceptors (Lipinski definition) is 10. The molecule has 5 aromatic rings. The molecule has 1 atom stereocenters. The van der Waals surface area contributed by atoms with E-state index in [1.807, 2.05) is 30.3 Å². The number of nitro groups is 1. The highest BCUT2D eigenvalue weighted by atomic mass is 16.6. The Balaban J connectivity index is 0.838. The van der Waals surface area contributed by atoms with Gasteiger partial charge in [-0.25, -0.2) is 4.98 Å². The largest absolute Gasteiger partial charge is 0.463 e. The van der Waals surface area contributed by atoms with Crippen molar-refractivity contribution in [3.63, 3.8) is 0 Å². The van der Waals surface area contributed by atoms with Crippen LogP contribution >= 0.6 is 0 Å². The normalized spacial score (nSPS) is 15.0. The molecule has 0 spiro atoms. The molecule has 2 aliphatic rings. The number of carbonyl (C=O) groups excluding carboxylic acids is 5. The molecule has 290 valence electrons. The van der Waals surface area contributed by atoms with Crippen molar-refractivity contribution in [3.05, 3.63) is 124 Å². The summed E-state index contributed by atoms with van der Waals surface area (Å²) >= 11 is 0. The topological polar surface area (TPSA) is 194 Å². The third-order valence-corrected chi connectivity index (χ3v) is 10.1. The molecule has 57 heavy (non-hydrogen) atoms. The van der Waals surface area contributed by atoms with Gasteiger partial charge >= 0.3 is 0 Å². The maximum atomic E-state index is 13.3. The lowest BCUT2D eigenvalue weighted by molar-refractivity contribution is -0.384. The Morgan fingerprint density at radius 2 is 1.51 bits per heavy atom. The van der Waals surface area contributed by atoms with Crippen LogP contribution in [-0.2, 0) is 9.59 Å². The SMILES string of the molecule is O=C1CCC(N2C(=O)c3cccc(NCCCCCCCCNC(=O)c4ccc(-c5cc(-c6ccc([N+](=O)[O-])cc6)nc(-c6ccco6)c5)cc4)c3C2=O)C(=O)N1. The van der Waals surface area contributed by atoms with Crippen molar-refractivity contribution < 1.29 is 33.3 Å². The number of non-ortho nitro benzene ring substituents is 1. The molecular weight excluding hydrogens is 729 g/mol. The molecule has 1 unspecified atom stereocenters. The van der Waals surface area contributed by atoms with Crippen molar-refractivity contribution >= 4 is 40.9 Å². The van der Waals surface area contributed by atoms with Crippen LogP contribution in [0.25, 0.3) is 33.8 Å². The van der Waals surface area contributed by atoms with Crippen LogP contribution in [0.3, 0.4) is 0 Å². The van der Waals surface area contributed by atoms with E-state index in [2.05, 4.69) is 16.0 Å². The summed E-state index contributed by atoms with van der Waals surface area (Å²) < 4.78 is 5.60. The van der Waals surface area contributed by atoms with Crippen molar-refractivity contribution in [2.24, 2.45) is 0 Å². The van der Waals surface area contributed by atoms with Crippen LogP contribution < -0.4 is 16.0 Å². The van der Waals surface area contributed by atoms with Crippen LogP contribution in [-0.4, -0.2) is 63.5 Å². The number of pyridine rings is 1. The Bertz CT molecular complexity index is 2320. The molecule has 0 aliphatic carbocycles. The van der Waals surface area contributed by atoms with Crippen LogP contribution in [0.5, 0.6) is 0 Å². The third kappa shape index (κ3) is 8.64. The predicted molar refractivity (Wildman–Crippen MR) is 211 cm³/mol. The first-order valence-electron chi connectivity index (χ1n) is 19.0. The average molecular weight is 769 g/mol. The summed E-state index contributed by atoms with van der Waals surface area (Å²) in [4.78, 5) is 79.6. The number of rotatable bonds is 16. The lowest BCUT2D eigenvalue weighted by Gasteiger charge is -2.27. The summed E-state index contributed by atoms with van der Waals surface area (Å²) in [6.45, 7) is 1.16. The Hall–Kier alpha value is -6.96. The van der Waals surface area contributed by atoms with E-state index in [1.165, 1.54) is 12.1 Å². The molecule has 14 heteroatoms. The van der Waals surface area contributed by atoms with Gasteiger partial charge in [0, 0.05) is 48.5 Å². The Morgan fingerprint density at radius 3 is 2.21 bits per heavy atom. The molecule has 2 aliphatic heterocycles. The number of unbranched alkanes of at least 4 members (excludes halogenated alkanes) is 5.